The standard InChI is InChI=1S/C26H30N6O4/c1-17(28-25(33)21-8-7-20(34-2)15-27-21)22-14-24(31-26(30-22)32-9-11-35-12-10-32)29-19-13-18-5-3-4-6-23(18)36-16-19/h3-8,14-15,17,19H,9-13,16H2,1-2H3,(H,28,33)(H,29,30,31)/t17-,19?/m0/s1. The summed E-state index contributed by atoms with van der Waals surface area (Å²) in [6.07, 6.45) is 2.35. The third-order valence-corrected chi connectivity index (χ3v) is 6.25. The van der Waals surface area contributed by atoms with Gasteiger partial charge in [-0.05, 0) is 37.1 Å². The molecule has 2 aromatic heterocycles. The van der Waals surface area contributed by atoms with Crippen LogP contribution in [0.4, 0.5) is 11.8 Å². The van der Waals surface area contributed by atoms with Gasteiger partial charge in [0.05, 0.1) is 44.3 Å². The van der Waals surface area contributed by atoms with Crippen molar-refractivity contribution in [1.29, 1.82) is 0 Å². The third kappa shape index (κ3) is 5.49. The van der Waals surface area contributed by atoms with E-state index in [1.165, 1.54) is 6.20 Å². The van der Waals surface area contributed by atoms with Crippen LogP contribution in [0, 0.1) is 0 Å². The number of carbonyl (C=O) groups excluding carboxylic acids is 1. The van der Waals surface area contributed by atoms with Crippen LogP contribution in [0.15, 0.2) is 48.7 Å². The maximum absolute atomic E-state index is 12.8. The van der Waals surface area contributed by atoms with Gasteiger partial charge >= 0.3 is 0 Å². The maximum atomic E-state index is 12.8. The van der Waals surface area contributed by atoms with E-state index >= 15 is 0 Å². The van der Waals surface area contributed by atoms with Gasteiger partial charge in [0.25, 0.3) is 5.91 Å². The lowest BCUT2D eigenvalue weighted by Crippen LogP contribution is -2.38. The highest BCUT2D eigenvalue weighted by Gasteiger charge is 2.23. The molecule has 2 aliphatic rings. The molecule has 4 heterocycles. The van der Waals surface area contributed by atoms with Gasteiger partial charge < -0.3 is 29.7 Å². The van der Waals surface area contributed by atoms with Crippen molar-refractivity contribution in [2.75, 3.05) is 50.2 Å². The topological polar surface area (TPSA) is 111 Å². The Labute approximate surface area is 210 Å². The minimum Gasteiger partial charge on any atom is -0.495 e. The highest BCUT2D eigenvalue weighted by atomic mass is 16.5. The summed E-state index contributed by atoms with van der Waals surface area (Å²) in [4.78, 5) is 28.7. The summed E-state index contributed by atoms with van der Waals surface area (Å²) in [6.45, 7) is 5.10. The number of fused-ring (bicyclic) bond motifs is 1. The second kappa shape index (κ2) is 10.8. The zero-order valence-electron chi connectivity index (χ0n) is 20.4. The molecule has 0 spiro atoms. The molecule has 1 fully saturated rings. The Morgan fingerprint density at radius 3 is 2.78 bits per heavy atom. The van der Waals surface area contributed by atoms with Crippen molar-refractivity contribution in [2.45, 2.75) is 25.4 Å². The maximum Gasteiger partial charge on any atom is 0.270 e. The van der Waals surface area contributed by atoms with E-state index in [1.54, 1.807) is 19.2 Å². The number of morpholine rings is 1. The summed E-state index contributed by atoms with van der Waals surface area (Å²) in [5.41, 5.74) is 2.17. The summed E-state index contributed by atoms with van der Waals surface area (Å²) < 4.78 is 16.6. The van der Waals surface area contributed by atoms with Crippen LogP contribution in [-0.4, -0.2) is 66.9 Å². The SMILES string of the molecule is COc1ccc(C(=O)N[C@@H](C)c2cc(NC3COc4ccccc4C3)nc(N3CCOCC3)n2)nc1. The lowest BCUT2D eigenvalue weighted by molar-refractivity contribution is 0.0934. The van der Waals surface area contributed by atoms with E-state index in [0.29, 0.717) is 61.8 Å². The fourth-order valence-electron chi connectivity index (χ4n) is 4.26. The molecule has 1 saturated heterocycles. The van der Waals surface area contributed by atoms with Gasteiger partial charge in [-0.2, -0.15) is 4.98 Å². The monoisotopic (exact) mass is 490 g/mol. The number of para-hydroxylation sites is 1. The summed E-state index contributed by atoms with van der Waals surface area (Å²) in [6, 6.07) is 13.0. The normalized spacial score (nSPS) is 17.9. The van der Waals surface area contributed by atoms with Crippen LogP contribution in [0.3, 0.4) is 0 Å². The Balaban J connectivity index is 1.35. The number of aromatic nitrogens is 3. The van der Waals surface area contributed by atoms with E-state index < -0.39 is 0 Å². The van der Waals surface area contributed by atoms with Crippen molar-refractivity contribution in [3.8, 4) is 11.5 Å². The number of carbonyl (C=O) groups is 1. The van der Waals surface area contributed by atoms with E-state index in [0.717, 1.165) is 17.7 Å². The molecule has 0 bridgehead atoms. The lowest BCUT2D eigenvalue weighted by atomic mass is 10.0. The van der Waals surface area contributed by atoms with Gasteiger partial charge in [-0.3, -0.25) is 4.79 Å². The van der Waals surface area contributed by atoms with Crippen molar-refractivity contribution in [3.63, 3.8) is 0 Å². The predicted molar refractivity (Wildman–Crippen MR) is 135 cm³/mol. The van der Waals surface area contributed by atoms with Crippen molar-refractivity contribution in [2.24, 2.45) is 0 Å². The number of nitrogens with zero attached hydrogens (tertiary/aromatic N) is 4. The summed E-state index contributed by atoms with van der Waals surface area (Å²) in [5.74, 6) is 2.53. The van der Waals surface area contributed by atoms with Crippen LogP contribution in [-0.2, 0) is 11.2 Å². The molecule has 0 aliphatic carbocycles. The number of hydrogen-bond acceptors (Lipinski definition) is 9. The molecule has 5 rings (SSSR count). The summed E-state index contributed by atoms with van der Waals surface area (Å²) in [5, 5.41) is 6.52. The van der Waals surface area contributed by atoms with Crippen LogP contribution in [0.1, 0.15) is 34.7 Å². The first-order valence-corrected chi connectivity index (χ1v) is 12.1. The number of nitrogens with one attached hydrogen (secondary N) is 2. The van der Waals surface area contributed by atoms with Gasteiger partial charge in [-0.15, -0.1) is 0 Å². The van der Waals surface area contributed by atoms with Gasteiger partial charge in [0.15, 0.2) is 0 Å². The predicted octanol–water partition coefficient (Wildman–Crippen LogP) is 2.62. The zero-order chi connectivity index (χ0) is 24.9. The van der Waals surface area contributed by atoms with Crippen LogP contribution in [0.25, 0.3) is 0 Å². The molecule has 188 valence electrons. The minimum atomic E-state index is -0.368. The number of anilines is 2. The van der Waals surface area contributed by atoms with E-state index in [2.05, 4.69) is 26.6 Å². The Hall–Kier alpha value is -3.92. The molecule has 2 aliphatic heterocycles. The lowest BCUT2D eigenvalue weighted by Gasteiger charge is -2.29. The molecule has 36 heavy (non-hydrogen) atoms. The quantitative estimate of drug-likeness (QED) is 0.516. The van der Waals surface area contributed by atoms with Crippen molar-refractivity contribution >= 4 is 17.7 Å². The van der Waals surface area contributed by atoms with E-state index in [4.69, 9.17) is 24.2 Å². The minimum absolute atomic E-state index is 0.0635. The molecule has 10 heteroatoms. The first-order valence-electron chi connectivity index (χ1n) is 12.1. The number of ether oxygens (including phenoxy) is 3. The van der Waals surface area contributed by atoms with Crippen LogP contribution >= 0.6 is 0 Å². The molecular weight excluding hydrogens is 460 g/mol. The van der Waals surface area contributed by atoms with Crippen LogP contribution in [0.2, 0.25) is 0 Å². The molecule has 1 amide bonds. The van der Waals surface area contributed by atoms with Crippen molar-refractivity contribution < 1.29 is 19.0 Å². The van der Waals surface area contributed by atoms with Gasteiger partial charge in [0.1, 0.15) is 29.6 Å². The van der Waals surface area contributed by atoms with Gasteiger partial charge in [-0.1, -0.05) is 18.2 Å². The smallest absolute Gasteiger partial charge is 0.270 e. The average Bonchev–Trinajstić information content (AvgIpc) is 2.93. The Bertz CT molecular complexity index is 1200. The first kappa shape index (κ1) is 23.8. The molecule has 3 aromatic rings. The summed E-state index contributed by atoms with van der Waals surface area (Å²) in [7, 11) is 1.56. The fraction of sp³-hybridized carbons (Fsp3) is 0.385. The fourth-order valence-corrected chi connectivity index (χ4v) is 4.26. The Morgan fingerprint density at radius 1 is 1.17 bits per heavy atom. The molecule has 1 unspecified atom stereocenters. The second-order valence-electron chi connectivity index (χ2n) is 8.82. The molecular formula is C26H30N6O4. The molecule has 2 N–H and O–H groups in total. The van der Waals surface area contributed by atoms with Gasteiger partial charge in [0, 0.05) is 19.2 Å². The third-order valence-electron chi connectivity index (χ3n) is 6.25. The Kier molecular flexibility index (Phi) is 7.13. The zero-order valence-corrected chi connectivity index (χ0v) is 20.4. The number of hydrogen-bond donors (Lipinski definition) is 2. The highest BCUT2D eigenvalue weighted by molar-refractivity contribution is 5.92. The average molecular weight is 491 g/mol. The van der Waals surface area contributed by atoms with E-state index in [1.807, 2.05) is 31.2 Å². The molecule has 10 nitrogen and oxygen atoms in total. The highest BCUT2D eigenvalue weighted by Crippen LogP contribution is 2.26. The van der Waals surface area contributed by atoms with E-state index in [-0.39, 0.29) is 18.0 Å². The van der Waals surface area contributed by atoms with Gasteiger partial charge in [-0.25, -0.2) is 9.97 Å². The molecule has 0 saturated carbocycles. The number of pyridine rings is 1. The second-order valence-corrected chi connectivity index (χ2v) is 8.82. The van der Waals surface area contributed by atoms with Crippen molar-refractivity contribution in [1.82, 2.24) is 20.3 Å². The van der Waals surface area contributed by atoms with Crippen LogP contribution in [0.5, 0.6) is 11.5 Å². The number of amides is 1. The molecule has 2 atom stereocenters. The molecule has 1 aromatic carbocycles. The number of methoxy groups -OCH3 is 1. The Morgan fingerprint density at radius 2 is 2.00 bits per heavy atom. The summed E-state index contributed by atoms with van der Waals surface area (Å²) >= 11 is 0. The van der Waals surface area contributed by atoms with Crippen molar-refractivity contribution in [3.05, 3.63) is 65.6 Å². The largest absolute Gasteiger partial charge is 0.495 e. The number of benzene rings is 1. The van der Waals surface area contributed by atoms with Crippen LogP contribution < -0.4 is 25.0 Å². The van der Waals surface area contributed by atoms with Gasteiger partial charge in [0.2, 0.25) is 5.95 Å². The molecule has 0 radical (unpaired) electrons. The number of rotatable bonds is 7. The first-order chi connectivity index (χ1) is 17.6. The van der Waals surface area contributed by atoms with E-state index in [9.17, 15) is 4.79 Å².